The van der Waals surface area contributed by atoms with Crippen molar-refractivity contribution in [1.82, 2.24) is 14.7 Å². The molecule has 116 valence electrons. The summed E-state index contributed by atoms with van der Waals surface area (Å²) < 4.78 is 7.56. The summed E-state index contributed by atoms with van der Waals surface area (Å²) in [5.41, 5.74) is 9.38. The third-order valence-corrected chi connectivity index (χ3v) is 4.11. The summed E-state index contributed by atoms with van der Waals surface area (Å²) in [6.45, 7) is 7.53. The number of aromatic nitrogens is 2. The van der Waals surface area contributed by atoms with Crippen LogP contribution in [0.1, 0.15) is 34.4 Å². The molecule has 2 aromatic heterocycles. The maximum Gasteiger partial charge on any atom is 0.106 e. The fourth-order valence-electron chi connectivity index (χ4n) is 2.56. The molecule has 0 saturated carbocycles. The van der Waals surface area contributed by atoms with Gasteiger partial charge in [0.25, 0.3) is 0 Å². The van der Waals surface area contributed by atoms with Crippen molar-refractivity contribution in [2.45, 2.75) is 33.4 Å². The minimum atomic E-state index is -0.334. The molecule has 1 atom stereocenters. The molecule has 0 fully saturated rings. The Bertz CT molecular complexity index is 630. The summed E-state index contributed by atoms with van der Waals surface area (Å²) in [5, 5.41) is 4.94. The summed E-state index contributed by atoms with van der Waals surface area (Å²) in [7, 11) is 4.05. The number of hydrogen-bond acceptors (Lipinski definition) is 4. The Morgan fingerprint density at radius 3 is 2.52 bits per heavy atom. The van der Waals surface area contributed by atoms with Gasteiger partial charge in [-0.2, -0.15) is 5.10 Å². The quantitative estimate of drug-likeness (QED) is 0.922. The van der Waals surface area contributed by atoms with Crippen molar-refractivity contribution in [3.8, 4) is 0 Å². The van der Waals surface area contributed by atoms with E-state index < -0.39 is 0 Å². The van der Waals surface area contributed by atoms with Crippen LogP contribution in [0.15, 0.2) is 10.6 Å². The van der Waals surface area contributed by atoms with Gasteiger partial charge in [0, 0.05) is 12.1 Å². The van der Waals surface area contributed by atoms with E-state index in [-0.39, 0.29) is 6.04 Å². The lowest BCUT2D eigenvalue weighted by molar-refractivity contribution is 0.368. The molecule has 2 N–H and O–H groups in total. The molecule has 21 heavy (non-hydrogen) atoms. The van der Waals surface area contributed by atoms with E-state index in [0.717, 1.165) is 41.4 Å². The van der Waals surface area contributed by atoms with Crippen LogP contribution in [0.3, 0.4) is 0 Å². The van der Waals surface area contributed by atoms with Crippen molar-refractivity contribution in [2.24, 2.45) is 5.73 Å². The molecule has 0 amide bonds. The summed E-state index contributed by atoms with van der Waals surface area (Å²) in [5.74, 6) is 1.74. The van der Waals surface area contributed by atoms with Crippen LogP contribution < -0.4 is 5.73 Å². The molecule has 0 aromatic carbocycles. The molecular formula is C15H23ClN4O. The van der Waals surface area contributed by atoms with E-state index in [1.54, 1.807) is 6.20 Å². The lowest BCUT2D eigenvalue weighted by Crippen LogP contribution is -2.24. The largest absolute Gasteiger partial charge is 0.466 e. The number of aryl methyl sites for hydroxylation is 2. The first-order valence-corrected chi connectivity index (χ1v) is 7.38. The van der Waals surface area contributed by atoms with Gasteiger partial charge < -0.3 is 15.1 Å². The predicted molar refractivity (Wildman–Crippen MR) is 84.7 cm³/mol. The molecule has 2 heterocycles. The molecule has 0 radical (unpaired) electrons. The van der Waals surface area contributed by atoms with Crippen molar-refractivity contribution < 1.29 is 4.42 Å². The first kappa shape index (κ1) is 16.1. The number of nitrogens with two attached hydrogens (primary N) is 1. The SMILES string of the molecule is Cc1oc(C)c(C(N)c2c(Cl)cnn2CCN(C)C)c1C. The highest BCUT2D eigenvalue weighted by Gasteiger charge is 2.24. The highest BCUT2D eigenvalue weighted by Crippen LogP contribution is 2.32. The predicted octanol–water partition coefficient (Wildman–Crippen LogP) is 2.66. The van der Waals surface area contributed by atoms with Gasteiger partial charge in [-0.25, -0.2) is 0 Å². The van der Waals surface area contributed by atoms with Gasteiger partial charge in [-0.1, -0.05) is 11.6 Å². The Balaban J connectivity index is 2.39. The minimum absolute atomic E-state index is 0.334. The Labute approximate surface area is 130 Å². The van der Waals surface area contributed by atoms with Crippen LogP contribution in [0.2, 0.25) is 5.02 Å². The van der Waals surface area contributed by atoms with E-state index in [1.807, 2.05) is 39.5 Å². The Morgan fingerprint density at radius 1 is 1.33 bits per heavy atom. The third kappa shape index (κ3) is 3.15. The first-order valence-electron chi connectivity index (χ1n) is 7.01. The minimum Gasteiger partial charge on any atom is -0.466 e. The van der Waals surface area contributed by atoms with Crippen molar-refractivity contribution >= 4 is 11.6 Å². The molecule has 5 nitrogen and oxygen atoms in total. The number of furan rings is 1. The normalized spacial score (nSPS) is 13.1. The second kappa shape index (κ2) is 6.22. The van der Waals surface area contributed by atoms with Crippen LogP contribution in [-0.4, -0.2) is 35.3 Å². The summed E-state index contributed by atoms with van der Waals surface area (Å²) >= 11 is 6.31. The standard InChI is InChI=1S/C15H23ClN4O/c1-9-10(2)21-11(3)13(9)14(17)15-12(16)8-18-20(15)7-6-19(4)5/h8,14H,6-7,17H2,1-5H3. The molecule has 2 rings (SSSR count). The van der Waals surface area contributed by atoms with Crippen molar-refractivity contribution in [3.05, 3.63) is 39.6 Å². The average Bonchev–Trinajstić information content (AvgIpc) is 2.88. The molecule has 0 bridgehead atoms. The van der Waals surface area contributed by atoms with Gasteiger partial charge in [-0.15, -0.1) is 0 Å². The monoisotopic (exact) mass is 310 g/mol. The van der Waals surface area contributed by atoms with Crippen LogP contribution in [0.5, 0.6) is 0 Å². The number of likely N-dealkylation sites (N-methyl/N-ethyl adjacent to an activating group) is 1. The smallest absolute Gasteiger partial charge is 0.106 e. The first-order chi connectivity index (χ1) is 9.82. The van der Waals surface area contributed by atoms with Gasteiger partial charge in [0.1, 0.15) is 11.5 Å². The van der Waals surface area contributed by atoms with Crippen LogP contribution in [0.4, 0.5) is 0 Å². The van der Waals surface area contributed by atoms with E-state index >= 15 is 0 Å². The van der Waals surface area contributed by atoms with Gasteiger partial charge >= 0.3 is 0 Å². The average molecular weight is 311 g/mol. The topological polar surface area (TPSA) is 60.2 Å². The van der Waals surface area contributed by atoms with E-state index in [9.17, 15) is 0 Å². The fraction of sp³-hybridized carbons (Fsp3) is 0.533. The maximum absolute atomic E-state index is 6.46. The van der Waals surface area contributed by atoms with Gasteiger partial charge in [0.15, 0.2) is 0 Å². The van der Waals surface area contributed by atoms with Crippen molar-refractivity contribution in [1.29, 1.82) is 0 Å². The highest BCUT2D eigenvalue weighted by atomic mass is 35.5. The molecule has 0 spiro atoms. The van der Waals surface area contributed by atoms with Crippen LogP contribution in [0.25, 0.3) is 0 Å². The van der Waals surface area contributed by atoms with Gasteiger partial charge in [0.2, 0.25) is 0 Å². The molecule has 1 unspecified atom stereocenters. The van der Waals surface area contributed by atoms with Crippen LogP contribution in [0, 0.1) is 20.8 Å². The fourth-order valence-corrected chi connectivity index (χ4v) is 2.82. The zero-order chi connectivity index (χ0) is 15.7. The second-order valence-corrected chi connectivity index (χ2v) is 6.04. The van der Waals surface area contributed by atoms with Crippen molar-refractivity contribution in [2.75, 3.05) is 20.6 Å². The van der Waals surface area contributed by atoms with Gasteiger partial charge in [0.05, 0.1) is 29.5 Å². The summed E-state index contributed by atoms with van der Waals surface area (Å²) in [6.07, 6.45) is 1.66. The maximum atomic E-state index is 6.46. The number of rotatable bonds is 5. The number of nitrogens with zero attached hydrogens (tertiary/aromatic N) is 3. The lowest BCUT2D eigenvalue weighted by atomic mass is 10.00. The highest BCUT2D eigenvalue weighted by molar-refractivity contribution is 6.31. The number of hydrogen-bond donors (Lipinski definition) is 1. The van der Waals surface area contributed by atoms with E-state index in [2.05, 4.69) is 10.00 Å². The van der Waals surface area contributed by atoms with Gasteiger partial charge in [-0.05, 0) is 40.4 Å². The zero-order valence-corrected chi connectivity index (χ0v) is 14.0. The molecular weight excluding hydrogens is 288 g/mol. The Hall–Kier alpha value is -1.30. The molecule has 6 heteroatoms. The Kier molecular flexibility index (Phi) is 4.76. The molecule has 0 aliphatic rings. The second-order valence-electron chi connectivity index (χ2n) is 5.63. The van der Waals surface area contributed by atoms with Crippen molar-refractivity contribution in [3.63, 3.8) is 0 Å². The molecule has 0 aliphatic carbocycles. The van der Waals surface area contributed by atoms with E-state index in [0.29, 0.717) is 5.02 Å². The molecule has 0 saturated heterocycles. The van der Waals surface area contributed by atoms with Crippen LogP contribution in [-0.2, 0) is 6.54 Å². The lowest BCUT2D eigenvalue weighted by Gasteiger charge is -2.17. The summed E-state index contributed by atoms with van der Waals surface area (Å²) in [6, 6.07) is -0.334. The summed E-state index contributed by atoms with van der Waals surface area (Å²) in [4.78, 5) is 2.10. The van der Waals surface area contributed by atoms with Gasteiger partial charge in [-0.3, -0.25) is 4.68 Å². The van der Waals surface area contributed by atoms with E-state index in [1.165, 1.54) is 0 Å². The van der Waals surface area contributed by atoms with E-state index in [4.69, 9.17) is 21.8 Å². The third-order valence-electron chi connectivity index (χ3n) is 3.82. The molecule has 0 aliphatic heterocycles. The number of halogens is 1. The zero-order valence-electron chi connectivity index (χ0n) is 13.3. The van der Waals surface area contributed by atoms with Crippen LogP contribution >= 0.6 is 11.6 Å². The molecule has 2 aromatic rings. The Morgan fingerprint density at radius 2 is 2.00 bits per heavy atom.